The van der Waals surface area contributed by atoms with Gasteiger partial charge in [0.15, 0.2) is 0 Å². The first-order valence-electron chi connectivity index (χ1n) is 13.3. The van der Waals surface area contributed by atoms with Crippen molar-refractivity contribution in [3.8, 4) is 0 Å². The molecule has 5 heteroatoms. The van der Waals surface area contributed by atoms with Crippen molar-refractivity contribution >= 4 is 0 Å². The minimum atomic E-state index is 0. The second-order valence-corrected chi connectivity index (χ2v) is 10.1. The number of quaternary nitrogens is 2. The Bertz CT molecular complexity index is 510. The van der Waals surface area contributed by atoms with Crippen LogP contribution in [0.4, 0.5) is 0 Å². The molecule has 1 aromatic carbocycles. The number of epoxide rings is 1. The molecule has 1 fully saturated rings. The van der Waals surface area contributed by atoms with Crippen LogP contribution < -0.4 is 30.5 Å². The zero-order valence-electron chi connectivity index (χ0n) is 22.0. The zero-order chi connectivity index (χ0) is 22.6. The van der Waals surface area contributed by atoms with E-state index in [9.17, 15) is 0 Å². The quantitative estimate of drug-likeness (QED) is 0.175. The maximum atomic E-state index is 4.80. The summed E-state index contributed by atoms with van der Waals surface area (Å²) in [4.78, 5) is 0. The molecule has 0 amide bonds. The summed E-state index contributed by atoms with van der Waals surface area (Å²) in [6.07, 6.45) is 20.7. The lowest BCUT2D eigenvalue weighted by atomic mass is 10.0. The van der Waals surface area contributed by atoms with Crippen LogP contribution in [0.25, 0.3) is 0 Å². The molecular weight excluding hydrogens is 451 g/mol. The van der Waals surface area contributed by atoms with E-state index in [1.165, 1.54) is 102 Å². The maximum Gasteiger partial charge on any atom is 0.129 e. The van der Waals surface area contributed by atoms with E-state index >= 15 is 0 Å². The first-order chi connectivity index (χ1) is 15.1. The Morgan fingerprint density at radius 3 is 1.55 bits per heavy atom. The lowest BCUT2D eigenvalue weighted by Crippen LogP contribution is -3.00. The van der Waals surface area contributed by atoms with Gasteiger partial charge in [0.25, 0.3) is 0 Å². The zero-order valence-corrected chi connectivity index (χ0v) is 23.5. The predicted molar refractivity (Wildman–Crippen MR) is 135 cm³/mol. The van der Waals surface area contributed by atoms with Gasteiger partial charge < -0.3 is 39.8 Å². The molecule has 0 aliphatic carbocycles. The van der Waals surface area contributed by atoms with Gasteiger partial charge in [-0.2, -0.15) is 0 Å². The first kappa shape index (κ1) is 34.8. The molecule has 3 N–H and O–H groups in total. The van der Waals surface area contributed by atoms with Crippen LogP contribution in [0.2, 0.25) is 0 Å². The Kier molecular flexibility index (Phi) is 24.7. The van der Waals surface area contributed by atoms with Gasteiger partial charge in [0.1, 0.15) is 19.2 Å². The fourth-order valence-electron chi connectivity index (χ4n) is 4.13. The fourth-order valence-corrected chi connectivity index (χ4v) is 4.13. The Labute approximate surface area is 218 Å². The van der Waals surface area contributed by atoms with Gasteiger partial charge in [-0.1, -0.05) is 114 Å². The van der Waals surface area contributed by atoms with Gasteiger partial charge in [0.05, 0.1) is 27.2 Å². The van der Waals surface area contributed by atoms with Gasteiger partial charge in [-0.25, -0.2) is 0 Å². The van der Waals surface area contributed by atoms with Crippen molar-refractivity contribution in [1.29, 1.82) is 0 Å². The number of benzene rings is 1. The van der Waals surface area contributed by atoms with E-state index in [2.05, 4.69) is 57.1 Å². The van der Waals surface area contributed by atoms with Crippen molar-refractivity contribution in [3.05, 3.63) is 35.9 Å². The minimum absolute atomic E-state index is 0. The van der Waals surface area contributed by atoms with E-state index < -0.39 is 0 Å². The van der Waals surface area contributed by atoms with E-state index in [1.54, 1.807) is 0 Å². The molecule has 1 aliphatic rings. The maximum absolute atomic E-state index is 4.80. The molecule has 1 heterocycles. The molecule has 0 spiro atoms. The minimum Gasteiger partial charge on any atom is -1.00 e. The summed E-state index contributed by atoms with van der Waals surface area (Å²) in [7, 11) is 4.74. The highest BCUT2D eigenvalue weighted by Gasteiger charge is 2.21. The SMILES string of the molecule is CCCCCCCCCCCCCCCC[N+](C)(C)Cc1ccccc1.[Cl-].[Cl-].[NH3+]CC1CO1. The lowest BCUT2D eigenvalue weighted by molar-refractivity contribution is -0.903. The third kappa shape index (κ3) is 23.2. The summed E-state index contributed by atoms with van der Waals surface area (Å²) in [6.45, 7) is 6.64. The van der Waals surface area contributed by atoms with E-state index in [1.807, 2.05) is 0 Å². The molecule has 33 heavy (non-hydrogen) atoms. The van der Waals surface area contributed by atoms with Gasteiger partial charge in [-0.15, -0.1) is 0 Å². The molecule has 1 saturated heterocycles. The number of ether oxygens (including phenoxy) is 1. The third-order valence-electron chi connectivity index (χ3n) is 6.29. The topological polar surface area (TPSA) is 40.2 Å². The number of hydrogen-bond acceptors (Lipinski definition) is 1. The molecule has 1 unspecified atom stereocenters. The summed E-state index contributed by atoms with van der Waals surface area (Å²) in [5.74, 6) is 0. The van der Waals surface area contributed by atoms with Crippen molar-refractivity contribution in [1.82, 2.24) is 0 Å². The van der Waals surface area contributed by atoms with Gasteiger partial charge >= 0.3 is 0 Å². The van der Waals surface area contributed by atoms with Crippen LogP contribution >= 0.6 is 0 Å². The van der Waals surface area contributed by atoms with Crippen molar-refractivity contribution in [2.75, 3.05) is 33.8 Å². The van der Waals surface area contributed by atoms with Gasteiger partial charge in [0, 0.05) is 5.56 Å². The van der Waals surface area contributed by atoms with Crippen molar-refractivity contribution in [2.45, 2.75) is 109 Å². The molecule has 2 rings (SSSR count). The number of hydrogen-bond donors (Lipinski definition) is 1. The Morgan fingerprint density at radius 2 is 1.18 bits per heavy atom. The van der Waals surface area contributed by atoms with E-state index in [0.29, 0.717) is 6.10 Å². The van der Waals surface area contributed by atoms with Crippen LogP contribution in [0.15, 0.2) is 30.3 Å². The highest BCUT2D eigenvalue weighted by atomic mass is 35.5. The Hall–Kier alpha value is -0.320. The fraction of sp³-hybridized carbons (Fsp3) is 0.786. The van der Waals surface area contributed by atoms with Crippen LogP contribution in [-0.4, -0.2) is 44.4 Å². The molecule has 0 aromatic heterocycles. The van der Waals surface area contributed by atoms with Crippen LogP contribution in [-0.2, 0) is 11.3 Å². The number of unbranched alkanes of at least 4 members (excludes halogenated alkanes) is 13. The summed E-state index contributed by atoms with van der Waals surface area (Å²) in [5, 5.41) is 0. The number of nitrogens with zero attached hydrogens (tertiary/aromatic N) is 1. The standard InChI is InChI=1S/C25H46N.C3H7NO.2ClH/c1-4-5-6-7-8-9-10-11-12-13-14-15-16-20-23-26(2,3)24-25-21-18-17-19-22-25;4-1-3-2-5-3;;/h17-19,21-22H,4-16,20,23-24H2,1-3H3;3H,1-2,4H2;2*1H/q+1;;;/p-1. The Morgan fingerprint density at radius 1 is 0.758 bits per heavy atom. The third-order valence-corrected chi connectivity index (χ3v) is 6.29. The molecule has 0 bridgehead atoms. The van der Waals surface area contributed by atoms with Gasteiger partial charge in [-0.3, -0.25) is 0 Å². The number of halogens is 2. The average molecular weight is 506 g/mol. The molecular formula is C28H54Cl2N2O. The normalized spacial score (nSPS) is 14.5. The molecule has 0 radical (unpaired) electrons. The van der Waals surface area contributed by atoms with Crippen molar-refractivity contribution < 1.29 is 39.8 Å². The van der Waals surface area contributed by atoms with Crippen molar-refractivity contribution in [3.63, 3.8) is 0 Å². The van der Waals surface area contributed by atoms with E-state index in [0.717, 1.165) is 24.2 Å². The molecule has 196 valence electrons. The summed E-state index contributed by atoms with van der Waals surface area (Å²) >= 11 is 0. The highest BCUT2D eigenvalue weighted by Crippen LogP contribution is 2.15. The monoisotopic (exact) mass is 504 g/mol. The van der Waals surface area contributed by atoms with Crippen LogP contribution in [0.1, 0.15) is 102 Å². The smallest absolute Gasteiger partial charge is 0.129 e. The summed E-state index contributed by atoms with van der Waals surface area (Å²) < 4.78 is 5.91. The van der Waals surface area contributed by atoms with Gasteiger partial charge in [-0.05, 0) is 12.8 Å². The van der Waals surface area contributed by atoms with Crippen LogP contribution in [0.5, 0.6) is 0 Å². The lowest BCUT2D eigenvalue weighted by Gasteiger charge is -2.30. The summed E-state index contributed by atoms with van der Waals surface area (Å²) in [5.41, 5.74) is 5.08. The Balaban J connectivity index is 0. The molecule has 1 aromatic rings. The van der Waals surface area contributed by atoms with E-state index in [-0.39, 0.29) is 24.8 Å². The predicted octanol–water partition coefficient (Wildman–Crippen LogP) is 0.379. The molecule has 0 saturated carbocycles. The van der Waals surface area contributed by atoms with Crippen LogP contribution in [0.3, 0.4) is 0 Å². The second-order valence-electron chi connectivity index (χ2n) is 10.1. The first-order valence-corrected chi connectivity index (χ1v) is 13.3. The van der Waals surface area contributed by atoms with Crippen LogP contribution in [0, 0.1) is 0 Å². The van der Waals surface area contributed by atoms with Crippen molar-refractivity contribution in [2.24, 2.45) is 0 Å². The highest BCUT2D eigenvalue weighted by molar-refractivity contribution is 5.13. The van der Waals surface area contributed by atoms with E-state index in [4.69, 9.17) is 4.74 Å². The number of rotatable bonds is 18. The largest absolute Gasteiger partial charge is 1.00 e. The molecule has 1 aliphatic heterocycles. The molecule has 1 atom stereocenters. The van der Waals surface area contributed by atoms with Gasteiger partial charge in [0.2, 0.25) is 0 Å². The molecule has 3 nitrogen and oxygen atoms in total. The average Bonchev–Trinajstić information content (AvgIpc) is 3.59. The summed E-state index contributed by atoms with van der Waals surface area (Å²) in [6, 6.07) is 10.9. The second kappa shape index (κ2) is 23.4.